The van der Waals surface area contributed by atoms with E-state index in [4.69, 9.17) is 4.89 Å². The number of hydrogen-bond donors (Lipinski definition) is 1. The van der Waals surface area contributed by atoms with E-state index in [1.807, 2.05) is 0 Å². The summed E-state index contributed by atoms with van der Waals surface area (Å²) < 4.78 is 33.4. The van der Waals surface area contributed by atoms with Crippen molar-refractivity contribution in [2.24, 2.45) is 0 Å². The van der Waals surface area contributed by atoms with Crippen LogP contribution in [0.4, 0.5) is 0 Å². The van der Waals surface area contributed by atoms with Crippen LogP contribution in [0.2, 0.25) is 0 Å². The normalized spacial score (nSPS) is 12.8. The molecule has 0 saturated carbocycles. The number of hydrogen-bond acceptors (Lipinski definition) is 4. The quantitative estimate of drug-likeness (QED) is 0.610. The molecule has 1 atom stereocenters. The molecular formula is C2H4O5PS. The van der Waals surface area contributed by atoms with E-state index in [0.29, 0.717) is 5.41 Å². The standard InChI is InChI=1S/C2H4O5PS/c1-2-9(5,6)7-8(3)4/h2H,1H2,(H,3,4). The lowest BCUT2D eigenvalue weighted by Crippen LogP contribution is -1.92. The maximum Gasteiger partial charge on any atom is 0.382 e. The van der Waals surface area contributed by atoms with Crippen LogP contribution in [0.15, 0.2) is 12.0 Å². The van der Waals surface area contributed by atoms with Gasteiger partial charge >= 0.3 is 18.4 Å². The summed E-state index contributed by atoms with van der Waals surface area (Å²) in [4.78, 5) is 7.88. The third-order valence-corrected chi connectivity index (χ3v) is 2.12. The summed E-state index contributed by atoms with van der Waals surface area (Å²) >= 11 is 0. The van der Waals surface area contributed by atoms with Crippen LogP contribution in [0, 0.1) is 0 Å². The molecule has 1 radical (unpaired) electrons. The Morgan fingerprint density at radius 2 is 2.11 bits per heavy atom. The van der Waals surface area contributed by atoms with Crippen molar-refractivity contribution in [3.05, 3.63) is 12.0 Å². The van der Waals surface area contributed by atoms with Crippen molar-refractivity contribution < 1.29 is 21.8 Å². The van der Waals surface area contributed by atoms with Gasteiger partial charge in [0.25, 0.3) is 0 Å². The third kappa shape index (κ3) is 4.23. The van der Waals surface area contributed by atoms with Crippen LogP contribution in [0.25, 0.3) is 0 Å². The second-order valence-corrected chi connectivity index (χ2v) is 3.36. The maximum absolute atomic E-state index is 10.1. The highest BCUT2D eigenvalue weighted by molar-refractivity contribution is 7.92. The molecule has 0 aliphatic carbocycles. The fourth-order valence-corrected chi connectivity index (χ4v) is 1.07. The van der Waals surface area contributed by atoms with E-state index in [9.17, 15) is 13.0 Å². The molecule has 53 valence electrons. The van der Waals surface area contributed by atoms with Crippen LogP contribution in [-0.4, -0.2) is 13.3 Å². The van der Waals surface area contributed by atoms with Gasteiger partial charge in [0, 0.05) is 0 Å². The Hall–Kier alpha value is -0.290. The molecule has 0 aliphatic heterocycles. The van der Waals surface area contributed by atoms with Crippen molar-refractivity contribution in [1.29, 1.82) is 0 Å². The summed E-state index contributed by atoms with van der Waals surface area (Å²) in [7, 11) is -7.09. The lowest BCUT2D eigenvalue weighted by atomic mass is 11.3. The van der Waals surface area contributed by atoms with Crippen molar-refractivity contribution in [2.75, 3.05) is 0 Å². The molecule has 0 spiro atoms. The molecule has 1 unspecified atom stereocenters. The molecule has 9 heavy (non-hydrogen) atoms. The average Bonchev–Trinajstić information content (AvgIpc) is 1.63. The van der Waals surface area contributed by atoms with Crippen molar-refractivity contribution in [2.45, 2.75) is 0 Å². The van der Waals surface area contributed by atoms with Crippen LogP contribution >= 0.6 is 8.25 Å². The van der Waals surface area contributed by atoms with E-state index < -0.39 is 18.4 Å². The van der Waals surface area contributed by atoms with Gasteiger partial charge in [0.2, 0.25) is 0 Å². The van der Waals surface area contributed by atoms with Gasteiger partial charge in [-0.25, -0.2) is 4.57 Å². The lowest BCUT2D eigenvalue weighted by Gasteiger charge is -1.89. The Labute approximate surface area is 53.0 Å². The first kappa shape index (κ1) is 8.71. The van der Waals surface area contributed by atoms with Gasteiger partial charge in [-0.2, -0.15) is 12.4 Å². The van der Waals surface area contributed by atoms with Crippen LogP contribution in [0.1, 0.15) is 0 Å². The Morgan fingerprint density at radius 3 is 2.22 bits per heavy atom. The van der Waals surface area contributed by atoms with E-state index in [-0.39, 0.29) is 0 Å². The van der Waals surface area contributed by atoms with Gasteiger partial charge in [0.1, 0.15) is 0 Å². The summed E-state index contributed by atoms with van der Waals surface area (Å²) in [5.41, 5.74) is 0. The fraction of sp³-hybridized carbons (Fsp3) is 0. The van der Waals surface area contributed by atoms with Gasteiger partial charge in [0.05, 0.1) is 5.41 Å². The molecule has 0 amide bonds. The molecule has 0 aliphatic rings. The lowest BCUT2D eigenvalue weighted by molar-refractivity contribution is 0.408. The van der Waals surface area contributed by atoms with E-state index in [1.54, 1.807) is 0 Å². The zero-order chi connectivity index (χ0) is 7.49. The molecule has 0 rings (SSSR count). The zero-order valence-electron chi connectivity index (χ0n) is 4.22. The summed E-state index contributed by atoms with van der Waals surface area (Å²) in [5, 5.41) is 0.441. The van der Waals surface area contributed by atoms with Gasteiger partial charge in [-0.1, -0.05) is 6.58 Å². The molecule has 0 fully saturated rings. The minimum atomic E-state index is -3.99. The summed E-state index contributed by atoms with van der Waals surface area (Å²) in [6.45, 7) is 2.83. The second-order valence-electron chi connectivity index (χ2n) is 0.972. The molecular weight excluding hydrogens is 167 g/mol. The molecule has 0 aromatic heterocycles. The largest absolute Gasteiger partial charge is 0.382 e. The van der Waals surface area contributed by atoms with Gasteiger partial charge in [0.15, 0.2) is 0 Å². The Bertz CT molecular complexity index is 215. The second kappa shape index (κ2) is 3.03. The monoisotopic (exact) mass is 171 g/mol. The average molecular weight is 171 g/mol. The minimum absolute atomic E-state index is 0.441. The maximum atomic E-state index is 10.1. The summed E-state index contributed by atoms with van der Waals surface area (Å²) in [5.74, 6) is 0. The van der Waals surface area contributed by atoms with E-state index in [1.165, 1.54) is 0 Å². The van der Waals surface area contributed by atoms with Crippen LogP contribution in [0.5, 0.6) is 0 Å². The smallest absolute Gasteiger partial charge is 0.298 e. The number of rotatable bonds is 3. The zero-order valence-corrected chi connectivity index (χ0v) is 5.93. The third-order valence-electron chi connectivity index (χ3n) is 0.372. The highest BCUT2D eigenvalue weighted by atomic mass is 32.2. The van der Waals surface area contributed by atoms with Gasteiger partial charge in [-0.3, -0.25) is 4.89 Å². The minimum Gasteiger partial charge on any atom is -0.298 e. The van der Waals surface area contributed by atoms with E-state index in [2.05, 4.69) is 10.5 Å². The van der Waals surface area contributed by atoms with Crippen molar-refractivity contribution >= 4 is 18.4 Å². The molecule has 7 heteroatoms. The molecule has 0 aromatic carbocycles. The predicted octanol–water partition coefficient (Wildman–Crippen LogP) is 0.126. The van der Waals surface area contributed by atoms with Crippen LogP contribution < -0.4 is 0 Å². The van der Waals surface area contributed by atoms with Gasteiger partial charge in [-0.15, -0.1) is 0 Å². The molecule has 1 N–H and O–H groups in total. The molecule has 5 nitrogen and oxygen atoms in total. The first-order valence-electron chi connectivity index (χ1n) is 1.71. The Morgan fingerprint density at radius 1 is 1.67 bits per heavy atom. The predicted molar refractivity (Wildman–Crippen MR) is 30.0 cm³/mol. The molecule has 0 saturated heterocycles. The SMILES string of the molecule is C=CS(=O)(=O)O[P](=O)O. The highest BCUT2D eigenvalue weighted by Crippen LogP contribution is 2.18. The van der Waals surface area contributed by atoms with Crippen LogP contribution in [0.3, 0.4) is 0 Å². The van der Waals surface area contributed by atoms with Crippen LogP contribution in [-0.2, 0) is 18.7 Å². The van der Waals surface area contributed by atoms with Gasteiger partial charge in [-0.05, 0) is 0 Å². The van der Waals surface area contributed by atoms with E-state index >= 15 is 0 Å². The van der Waals surface area contributed by atoms with Crippen molar-refractivity contribution in [3.8, 4) is 0 Å². The summed E-state index contributed by atoms with van der Waals surface area (Å²) in [6, 6.07) is 0. The summed E-state index contributed by atoms with van der Waals surface area (Å²) in [6.07, 6.45) is 0. The van der Waals surface area contributed by atoms with Crippen molar-refractivity contribution in [1.82, 2.24) is 0 Å². The van der Waals surface area contributed by atoms with Crippen molar-refractivity contribution in [3.63, 3.8) is 0 Å². The van der Waals surface area contributed by atoms with E-state index in [0.717, 1.165) is 0 Å². The van der Waals surface area contributed by atoms with Gasteiger partial charge < -0.3 is 0 Å². The Kier molecular flexibility index (Phi) is 2.93. The molecule has 0 bridgehead atoms. The fourth-order valence-electron chi connectivity index (χ4n) is 0.119. The molecule has 0 aromatic rings. The Balaban J connectivity index is 4.23. The molecule has 0 heterocycles. The first-order valence-corrected chi connectivity index (χ1v) is 4.31. The first-order chi connectivity index (χ1) is 3.98. The topological polar surface area (TPSA) is 80.7 Å². The highest BCUT2D eigenvalue weighted by Gasteiger charge is 2.08.